The Morgan fingerprint density at radius 3 is 1.04 bits per heavy atom. The van der Waals surface area contributed by atoms with Crippen molar-refractivity contribution in [2.75, 3.05) is 26.4 Å². The number of nitrogens with one attached hydrogen (secondary N) is 1. The molecule has 0 aromatic carbocycles. The molecule has 3 fully saturated rings. The first-order valence-corrected chi connectivity index (χ1v) is 39.7. The molecule has 12 N–H and O–H groups in total. The number of ether oxygens (including phenoxy) is 6. The highest BCUT2D eigenvalue weighted by Crippen LogP contribution is 2.33. The first kappa shape index (κ1) is 93.6. The maximum atomic E-state index is 13.4. The number of aliphatic hydroxyl groups excluding tert-OH is 11. The summed E-state index contributed by atoms with van der Waals surface area (Å²) in [6.07, 6.45) is 66.5. The number of carbonyl (C=O) groups excluding carboxylic acids is 1. The summed E-state index contributed by atoms with van der Waals surface area (Å²) in [5, 5.41) is 121. The number of rotatable bonds is 60. The van der Waals surface area contributed by atoms with Gasteiger partial charge in [0.05, 0.1) is 38.6 Å². The third kappa shape index (κ3) is 42.8. The normalized spacial score (nSPS) is 26.8. The van der Waals surface area contributed by atoms with Crippen molar-refractivity contribution in [3.63, 3.8) is 0 Å². The molecule has 0 aliphatic carbocycles. The number of hydrogen-bond donors (Lipinski definition) is 12. The van der Waals surface area contributed by atoms with E-state index in [0.717, 1.165) is 116 Å². The molecule has 1 amide bonds. The van der Waals surface area contributed by atoms with Gasteiger partial charge < -0.3 is 89.9 Å². The highest BCUT2D eigenvalue weighted by atomic mass is 16.8. The van der Waals surface area contributed by atoms with E-state index in [1.165, 1.54) is 96.3 Å². The van der Waals surface area contributed by atoms with Gasteiger partial charge in [-0.2, -0.15) is 0 Å². The van der Waals surface area contributed by atoms with Crippen LogP contribution in [0.3, 0.4) is 0 Å². The number of allylic oxidation sites excluding steroid dienone is 25. The van der Waals surface area contributed by atoms with Gasteiger partial charge in [0.15, 0.2) is 18.9 Å². The molecule has 17 unspecified atom stereocenters. The van der Waals surface area contributed by atoms with Gasteiger partial charge in [0.25, 0.3) is 0 Å². The van der Waals surface area contributed by atoms with Gasteiger partial charge >= 0.3 is 0 Å². The molecule has 592 valence electrons. The molecule has 0 radical (unpaired) electrons. The Bertz CT molecular complexity index is 2500. The summed E-state index contributed by atoms with van der Waals surface area (Å²) in [4.78, 5) is 13.4. The molecule has 3 heterocycles. The van der Waals surface area contributed by atoms with E-state index in [1.54, 1.807) is 6.08 Å². The number of hydrogen-bond acceptors (Lipinski definition) is 18. The van der Waals surface area contributed by atoms with Crippen molar-refractivity contribution in [2.24, 2.45) is 0 Å². The van der Waals surface area contributed by atoms with Crippen molar-refractivity contribution in [2.45, 2.75) is 343 Å². The lowest BCUT2D eigenvalue weighted by molar-refractivity contribution is -0.379. The number of aliphatic hydroxyl groups is 11. The Balaban J connectivity index is 1.39. The van der Waals surface area contributed by atoms with Crippen LogP contribution in [0.25, 0.3) is 0 Å². The Morgan fingerprint density at radius 2 is 0.663 bits per heavy atom. The molecule has 3 rings (SSSR count). The van der Waals surface area contributed by atoms with Crippen molar-refractivity contribution in [3.8, 4) is 0 Å². The van der Waals surface area contributed by atoms with Crippen LogP contribution in [0.5, 0.6) is 0 Å². The van der Waals surface area contributed by atoms with Crippen molar-refractivity contribution in [3.05, 3.63) is 158 Å². The molecule has 0 spiro atoms. The van der Waals surface area contributed by atoms with Gasteiger partial charge in [0.2, 0.25) is 5.91 Å². The van der Waals surface area contributed by atoms with Crippen molar-refractivity contribution < 1.29 is 89.4 Å². The Morgan fingerprint density at radius 1 is 0.356 bits per heavy atom. The van der Waals surface area contributed by atoms with E-state index in [4.69, 9.17) is 28.4 Å². The van der Waals surface area contributed by atoms with E-state index in [-0.39, 0.29) is 18.9 Å². The monoisotopic (exact) mass is 1460 g/mol. The summed E-state index contributed by atoms with van der Waals surface area (Å²) in [6, 6.07) is -1.01. The molecule has 3 aliphatic heterocycles. The van der Waals surface area contributed by atoms with Crippen molar-refractivity contribution in [1.29, 1.82) is 0 Å². The highest BCUT2D eigenvalue weighted by Gasteiger charge is 2.53. The molecular formula is C85H139NO18. The maximum Gasteiger partial charge on any atom is 0.220 e. The fourth-order valence-corrected chi connectivity index (χ4v) is 12.2. The largest absolute Gasteiger partial charge is 0.394 e. The molecule has 0 saturated carbocycles. The Kier molecular flexibility index (Phi) is 57.0. The zero-order chi connectivity index (χ0) is 75.3. The van der Waals surface area contributed by atoms with E-state index in [2.05, 4.69) is 165 Å². The molecule has 3 saturated heterocycles. The van der Waals surface area contributed by atoms with Crippen LogP contribution >= 0.6 is 0 Å². The molecular weight excluding hydrogens is 1320 g/mol. The van der Waals surface area contributed by atoms with Crippen LogP contribution in [0.1, 0.15) is 239 Å². The second-order valence-electron chi connectivity index (χ2n) is 27.4. The summed E-state index contributed by atoms with van der Waals surface area (Å²) in [7, 11) is 0. The summed E-state index contributed by atoms with van der Waals surface area (Å²) in [5.74, 6) is -0.323. The van der Waals surface area contributed by atoms with Crippen LogP contribution in [0, 0.1) is 0 Å². The number of unbranched alkanes of at least 4 members (excludes halogenated alkanes) is 20. The molecule has 0 bridgehead atoms. The zero-order valence-corrected chi connectivity index (χ0v) is 63.2. The average molecular weight is 1460 g/mol. The minimum absolute atomic E-state index is 0.178. The second kappa shape index (κ2) is 63.3. The molecule has 17 atom stereocenters. The quantitative estimate of drug-likeness (QED) is 0.0199. The van der Waals surface area contributed by atoms with Crippen LogP contribution in [-0.2, 0) is 33.2 Å². The van der Waals surface area contributed by atoms with Gasteiger partial charge in [-0.3, -0.25) is 4.79 Å². The second-order valence-corrected chi connectivity index (χ2v) is 27.4. The zero-order valence-electron chi connectivity index (χ0n) is 63.2. The lowest BCUT2D eigenvalue weighted by atomic mass is 9.96. The average Bonchev–Trinajstić information content (AvgIpc) is 0.783. The molecule has 19 nitrogen and oxygen atoms in total. The first-order chi connectivity index (χ1) is 50.8. The van der Waals surface area contributed by atoms with E-state index in [0.29, 0.717) is 6.42 Å². The third-order valence-corrected chi connectivity index (χ3v) is 18.6. The topological polar surface area (TPSA) is 307 Å². The summed E-state index contributed by atoms with van der Waals surface area (Å²) < 4.78 is 34.4. The SMILES string of the molecule is CC/C=C\C/C=C\C/C=C\C/C=C\C/C=C\C/C=C\C/C=C\C/C=C\C/C=C\C/C=C\C/C=C\C/C=C\CCCCC(=O)NC(COC1OC(CO)C(OC2OC(CO)C(OC3OC(CO)C(O)C(O)C3O)C(O)C2O)C(O)C1O)C(O)/C=C/CCCCCCCCCCCCCCCCCCCC. The molecule has 0 aromatic rings. The van der Waals surface area contributed by atoms with Crippen molar-refractivity contribution in [1.82, 2.24) is 5.32 Å². The predicted octanol–water partition coefficient (Wildman–Crippen LogP) is 13.2. The van der Waals surface area contributed by atoms with Crippen molar-refractivity contribution >= 4 is 5.91 Å². The summed E-state index contributed by atoms with van der Waals surface area (Å²) >= 11 is 0. The lowest BCUT2D eigenvalue weighted by Gasteiger charge is -2.48. The minimum atomic E-state index is -1.99. The molecule has 3 aliphatic rings. The van der Waals surface area contributed by atoms with Crippen LogP contribution in [0.15, 0.2) is 158 Å². The van der Waals surface area contributed by atoms with Crippen LogP contribution in [-0.4, -0.2) is 193 Å². The van der Waals surface area contributed by atoms with Gasteiger partial charge in [0, 0.05) is 6.42 Å². The van der Waals surface area contributed by atoms with E-state index >= 15 is 0 Å². The van der Waals surface area contributed by atoms with Gasteiger partial charge in [-0.15, -0.1) is 0 Å². The van der Waals surface area contributed by atoms with Crippen LogP contribution in [0.2, 0.25) is 0 Å². The fourth-order valence-electron chi connectivity index (χ4n) is 12.2. The smallest absolute Gasteiger partial charge is 0.220 e. The minimum Gasteiger partial charge on any atom is -0.394 e. The van der Waals surface area contributed by atoms with E-state index in [1.807, 2.05) is 6.08 Å². The van der Waals surface area contributed by atoms with Gasteiger partial charge in [-0.1, -0.05) is 281 Å². The summed E-state index contributed by atoms with van der Waals surface area (Å²) in [5.41, 5.74) is 0. The maximum absolute atomic E-state index is 13.4. The molecule has 19 heteroatoms. The molecule has 0 aromatic heterocycles. The fraction of sp³-hybridized carbons (Fsp3) is 0.682. The van der Waals surface area contributed by atoms with Gasteiger partial charge in [0.1, 0.15) is 73.2 Å². The highest BCUT2D eigenvalue weighted by molar-refractivity contribution is 5.76. The third-order valence-electron chi connectivity index (χ3n) is 18.6. The number of carbonyl (C=O) groups is 1. The van der Waals surface area contributed by atoms with Gasteiger partial charge in [-0.25, -0.2) is 0 Å². The van der Waals surface area contributed by atoms with Gasteiger partial charge in [-0.05, 0) is 109 Å². The predicted molar refractivity (Wildman–Crippen MR) is 415 cm³/mol. The lowest BCUT2D eigenvalue weighted by Crippen LogP contribution is -2.66. The van der Waals surface area contributed by atoms with E-state index in [9.17, 15) is 61.0 Å². The number of amides is 1. The van der Waals surface area contributed by atoms with E-state index < -0.39 is 124 Å². The Labute approximate surface area is 625 Å². The molecule has 104 heavy (non-hydrogen) atoms. The summed E-state index contributed by atoms with van der Waals surface area (Å²) in [6.45, 7) is 1.58. The van der Waals surface area contributed by atoms with Crippen LogP contribution in [0.4, 0.5) is 0 Å². The first-order valence-electron chi connectivity index (χ1n) is 39.7. The Hall–Kier alpha value is -4.59. The standard InChI is InChI=1S/C85H139NO18/c1-3-5-7-9-11-13-15-17-19-21-23-25-26-27-28-29-30-31-32-33-34-35-36-37-38-39-40-41-42-43-45-47-49-51-53-55-57-59-61-63-73(91)86-68(69(90)62-60-58-56-54-52-50-48-46-44-24-22-20-18-16-14-12-10-8-6-4-2)67-99-83-79(97)76(94)81(71(65-88)101-83)104-85-80(98)77(95)82(72(66-89)102-85)103-84-78(96)75(93)74(92)70(64-87)100-84/h5,7,11,13,17,19,23,25,27-28,30-31,33-34,36-37,39-40,42-43,47,49,53,55,60,62,68-72,74-85,87-90,92-98H,3-4,6,8-10,12,14-16,18,20-22,24,26,29,32,35,38,41,44-46,48,50-52,54,56-59,61,63-67H2,1-2H3,(H,86,91)/b7-5-,13-11-,19-17-,25-23-,28-27-,31-30-,34-33-,37-36-,40-39-,43-42-,49-47-,55-53-,62-60+. The van der Waals surface area contributed by atoms with Crippen LogP contribution < -0.4 is 5.32 Å².